The summed E-state index contributed by atoms with van der Waals surface area (Å²) in [6, 6.07) is 13.7. The molecule has 0 bridgehead atoms. The Labute approximate surface area is 152 Å². The van der Waals surface area contributed by atoms with Crippen molar-refractivity contribution in [2.45, 2.75) is 25.3 Å². The fraction of sp³-hybridized carbons (Fsp3) is 0.350. The quantitative estimate of drug-likeness (QED) is 0.855. The van der Waals surface area contributed by atoms with Crippen molar-refractivity contribution in [2.24, 2.45) is 0 Å². The van der Waals surface area contributed by atoms with E-state index in [-0.39, 0.29) is 11.6 Å². The summed E-state index contributed by atoms with van der Waals surface area (Å²) < 4.78 is 13.8. The summed E-state index contributed by atoms with van der Waals surface area (Å²) >= 11 is 6.40. The molecule has 0 radical (unpaired) electrons. The number of rotatable bonds is 5. The highest BCUT2D eigenvalue weighted by molar-refractivity contribution is 6.31. The van der Waals surface area contributed by atoms with E-state index in [1.807, 2.05) is 24.3 Å². The molecule has 1 N–H and O–H groups in total. The minimum absolute atomic E-state index is 0.00952. The maximum atomic E-state index is 13.8. The second kappa shape index (κ2) is 8.45. The summed E-state index contributed by atoms with van der Waals surface area (Å²) in [5.41, 5.74) is 1.07. The Hall–Kier alpha value is -1.91. The zero-order valence-corrected chi connectivity index (χ0v) is 14.8. The number of piperidine rings is 1. The molecule has 1 saturated heterocycles. The zero-order chi connectivity index (χ0) is 17.6. The summed E-state index contributed by atoms with van der Waals surface area (Å²) in [6.07, 6.45) is 3.51. The second-order valence-corrected chi connectivity index (χ2v) is 6.73. The monoisotopic (exact) mass is 360 g/mol. The van der Waals surface area contributed by atoms with E-state index in [0.29, 0.717) is 11.6 Å². The van der Waals surface area contributed by atoms with Gasteiger partial charge in [-0.15, -0.1) is 0 Å². The van der Waals surface area contributed by atoms with E-state index < -0.39 is 11.7 Å². The molecule has 5 heteroatoms. The molecule has 3 rings (SSSR count). The van der Waals surface area contributed by atoms with Crippen LogP contribution in [0.1, 0.15) is 41.2 Å². The van der Waals surface area contributed by atoms with Crippen molar-refractivity contribution in [1.82, 2.24) is 10.2 Å². The van der Waals surface area contributed by atoms with E-state index in [1.54, 1.807) is 12.1 Å². The van der Waals surface area contributed by atoms with Crippen LogP contribution in [-0.2, 0) is 0 Å². The average Bonchev–Trinajstić information content (AvgIpc) is 2.64. The number of nitrogens with zero attached hydrogens (tertiary/aromatic N) is 1. The first-order valence-electron chi connectivity index (χ1n) is 8.68. The molecule has 2 aromatic carbocycles. The summed E-state index contributed by atoms with van der Waals surface area (Å²) in [5, 5.41) is 3.58. The molecule has 1 heterocycles. The molecule has 0 aliphatic carbocycles. The predicted octanol–water partition coefficient (Wildman–Crippen LogP) is 4.44. The van der Waals surface area contributed by atoms with Gasteiger partial charge < -0.3 is 5.32 Å². The normalized spacial score (nSPS) is 16.4. The Morgan fingerprint density at radius 2 is 1.76 bits per heavy atom. The standard InChI is InChI=1S/C20H22ClFN2O/c21-17-10-4-2-8-15(17)19(24-12-6-1-7-13-24)14-23-20(25)16-9-3-5-11-18(16)22/h2-5,8-11,19H,1,6-7,12-14H2,(H,23,25)/t19-/m0/s1. The third-order valence-electron chi connectivity index (χ3n) is 4.67. The van der Waals surface area contributed by atoms with Gasteiger partial charge in [0.1, 0.15) is 5.82 Å². The fourth-order valence-corrected chi connectivity index (χ4v) is 3.60. The van der Waals surface area contributed by atoms with Crippen LogP contribution in [0.3, 0.4) is 0 Å². The first kappa shape index (κ1) is 17.9. The minimum atomic E-state index is -0.507. The highest BCUT2D eigenvalue weighted by atomic mass is 35.5. The van der Waals surface area contributed by atoms with Gasteiger partial charge in [0.25, 0.3) is 5.91 Å². The molecule has 1 atom stereocenters. The summed E-state index contributed by atoms with van der Waals surface area (Å²) in [6.45, 7) is 2.35. The lowest BCUT2D eigenvalue weighted by Gasteiger charge is -2.35. The SMILES string of the molecule is O=C(NC[C@@H](c1ccccc1Cl)N1CCCCC1)c1ccccc1F. The highest BCUT2D eigenvalue weighted by Gasteiger charge is 2.25. The van der Waals surface area contributed by atoms with Crippen molar-refractivity contribution in [1.29, 1.82) is 0 Å². The summed E-state index contributed by atoms with van der Waals surface area (Å²) in [4.78, 5) is 14.7. The van der Waals surface area contributed by atoms with E-state index in [1.165, 1.54) is 18.6 Å². The number of carbonyl (C=O) groups excluding carboxylic acids is 1. The molecule has 2 aromatic rings. The van der Waals surface area contributed by atoms with Crippen molar-refractivity contribution in [3.8, 4) is 0 Å². The number of hydrogen-bond acceptors (Lipinski definition) is 2. The Bertz CT molecular complexity index is 731. The summed E-state index contributed by atoms with van der Waals surface area (Å²) in [7, 11) is 0. The number of benzene rings is 2. The molecule has 25 heavy (non-hydrogen) atoms. The predicted molar refractivity (Wildman–Crippen MR) is 98.4 cm³/mol. The summed E-state index contributed by atoms with van der Waals surface area (Å²) in [5.74, 6) is -0.903. The van der Waals surface area contributed by atoms with Crippen LogP contribution in [0.25, 0.3) is 0 Å². The fourth-order valence-electron chi connectivity index (χ4n) is 3.34. The molecule has 0 unspecified atom stereocenters. The number of hydrogen-bond donors (Lipinski definition) is 1. The van der Waals surface area contributed by atoms with Crippen LogP contribution < -0.4 is 5.32 Å². The molecule has 1 fully saturated rings. The maximum absolute atomic E-state index is 13.8. The van der Waals surface area contributed by atoms with Gasteiger partial charge in [-0.25, -0.2) is 4.39 Å². The van der Waals surface area contributed by atoms with E-state index in [4.69, 9.17) is 11.6 Å². The largest absolute Gasteiger partial charge is 0.350 e. The molecule has 1 amide bonds. The van der Waals surface area contributed by atoms with Gasteiger partial charge in [0, 0.05) is 11.6 Å². The second-order valence-electron chi connectivity index (χ2n) is 6.32. The van der Waals surface area contributed by atoms with E-state index in [9.17, 15) is 9.18 Å². The van der Waals surface area contributed by atoms with E-state index >= 15 is 0 Å². The van der Waals surface area contributed by atoms with Gasteiger partial charge in [0.15, 0.2) is 0 Å². The molecule has 0 spiro atoms. The highest BCUT2D eigenvalue weighted by Crippen LogP contribution is 2.29. The first-order chi connectivity index (χ1) is 12.2. The van der Waals surface area contributed by atoms with Crippen molar-refractivity contribution < 1.29 is 9.18 Å². The molecule has 1 aliphatic heterocycles. The molecular formula is C20H22ClFN2O. The lowest BCUT2D eigenvalue weighted by molar-refractivity contribution is 0.0920. The third kappa shape index (κ3) is 4.39. The smallest absolute Gasteiger partial charge is 0.254 e. The van der Waals surface area contributed by atoms with Gasteiger partial charge in [-0.3, -0.25) is 9.69 Å². The first-order valence-corrected chi connectivity index (χ1v) is 9.06. The van der Waals surface area contributed by atoms with E-state index in [0.717, 1.165) is 31.5 Å². The van der Waals surface area contributed by atoms with Gasteiger partial charge >= 0.3 is 0 Å². The van der Waals surface area contributed by atoms with Crippen LogP contribution in [0.5, 0.6) is 0 Å². The number of likely N-dealkylation sites (tertiary alicyclic amines) is 1. The van der Waals surface area contributed by atoms with Gasteiger partial charge in [0.2, 0.25) is 0 Å². The van der Waals surface area contributed by atoms with Gasteiger partial charge in [-0.1, -0.05) is 48.4 Å². The zero-order valence-electron chi connectivity index (χ0n) is 14.1. The van der Waals surface area contributed by atoms with E-state index in [2.05, 4.69) is 10.2 Å². The van der Waals surface area contributed by atoms with Gasteiger partial charge in [-0.05, 0) is 49.7 Å². The Balaban J connectivity index is 1.77. The van der Waals surface area contributed by atoms with Gasteiger partial charge in [-0.2, -0.15) is 0 Å². The number of halogens is 2. The van der Waals surface area contributed by atoms with Crippen LogP contribution in [0.4, 0.5) is 4.39 Å². The molecule has 132 valence electrons. The lowest BCUT2D eigenvalue weighted by atomic mass is 10.0. The number of nitrogens with one attached hydrogen (secondary N) is 1. The molecule has 1 aliphatic rings. The number of amides is 1. The number of carbonyl (C=O) groups is 1. The maximum Gasteiger partial charge on any atom is 0.254 e. The minimum Gasteiger partial charge on any atom is -0.350 e. The van der Waals surface area contributed by atoms with Crippen molar-refractivity contribution in [3.63, 3.8) is 0 Å². The third-order valence-corrected chi connectivity index (χ3v) is 5.01. The topological polar surface area (TPSA) is 32.3 Å². The molecular weight excluding hydrogens is 339 g/mol. The van der Waals surface area contributed by atoms with Crippen molar-refractivity contribution >= 4 is 17.5 Å². The molecule has 0 aromatic heterocycles. The Morgan fingerprint density at radius 3 is 2.48 bits per heavy atom. The van der Waals surface area contributed by atoms with Crippen LogP contribution in [-0.4, -0.2) is 30.4 Å². The van der Waals surface area contributed by atoms with Crippen LogP contribution in [0.15, 0.2) is 48.5 Å². The lowest BCUT2D eigenvalue weighted by Crippen LogP contribution is -2.41. The van der Waals surface area contributed by atoms with Crippen LogP contribution >= 0.6 is 11.6 Å². The van der Waals surface area contributed by atoms with Crippen LogP contribution in [0.2, 0.25) is 5.02 Å². The van der Waals surface area contributed by atoms with Crippen molar-refractivity contribution in [2.75, 3.05) is 19.6 Å². The Morgan fingerprint density at radius 1 is 1.08 bits per heavy atom. The molecule has 3 nitrogen and oxygen atoms in total. The van der Waals surface area contributed by atoms with Crippen molar-refractivity contribution in [3.05, 3.63) is 70.5 Å². The molecule has 0 saturated carbocycles. The average molecular weight is 361 g/mol. The van der Waals surface area contributed by atoms with Crippen LogP contribution in [0, 0.1) is 5.82 Å². The Kier molecular flexibility index (Phi) is 6.05. The van der Waals surface area contributed by atoms with Gasteiger partial charge in [0.05, 0.1) is 11.6 Å².